The molecule has 0 spiro atoms. The summed E-state index contributed by atoms with van der Waals surface area (Å²) in [6.45, 7) is 1.56. The fourth-order valence-corrected chi connectivity index (χ4v) is 4.11. The molecule has 1 fully saturated rings. The fraction of sp³-hybridized carbons (Fsp3) is 0.368. The van der Waals surface area contributed by atoms with Crippen molar-refractivity contribution >= 4 is 28.3 Å². The third-order valence-electron chi connectivity index (χ3n) is 4.72. The molecule has 1 atom stereocenters. The van der Waals surface area contributed by atoms with Crippen LogP contribution < -0.4 is 10.2 Å². The van der Waals surface area contributed by atoms with E-state index in [4.69, 9.17) is 0 Å². The van der Waals surface area contributed by atoms with Crippen molar-refractivity contribution in [2.75, 3.05) is 18.0 Å². The molecule has 3 aromatic rings. The first kappa shape index (κ1) is 19.2. The van der Waals surface area contributed by atoms with Gasteiger partial charge in [0.1, 0.15) is 5.01 Å². The molecule has 29 heavy (non-hydrogen) atoms. The molecule has 10 heteroatoms. The highest BCUT2D eigenvalue weighted by atomic mass is 32.1. The van der Waals surface area contributed by atoms with Gasteiger partial charge in [0.25, 0.3) is 0 Å². The molecule has 1 saturated heterocycles. The highest BCUT2D eigenvalue weighted by molar-refractivity contribution is 7.15. The molecule has 1 aliphatic rings. The molecule has 2 aromatic heterocycles. The highest BCUT2D eigenvalue weighted by Gasteiger charge is 2.36. The summed E-state index contributed by atoms with van der Waals surface area (Å²) in [6.07, 6.45) is 5.02. The van der Waals surface area contributed by atoms with E-state index < -0.39 is 0 Å². The molecule has 1 N–H and O–H groups in total. The lowest BCUT2D eigenvalue weighted by Gasteiger charge is -2.12. The molecular formula is C19H21N7O2S. The van der Waals surface area contributed by atoms with Crippen LogP contribution in [0.4, 0.5) is 5.13 Å². The van der Waals surface area contributed by atoms with Gasteiger partial charge in [0, 0.05) is 38.7 Å². The average Bonchev–Trinajstić information content (AvgIpc) is 3.47. The number of aromatic nitrogens is 5. The van der Waals surface area contributed by atoms with Gasteiger partial charge in [0.05, 0.1) is 12.1 Å². The van der Waals surface area contributed by atoms with E-state index in [1.54, 1.807) is 22.0 Å². The monoisotopic (exact) mass is 411 g/mol. The van der Waals surface area contributed by atoms with Gasteiger partial charge in [-0.3, -0.25) is 19.2 Å². The van der Waals surface area contributed by atoms with Crippen molar-refractivity contribution in [1.29, 1.82) is 0 Å². The third kappa shape index (κ3) is 4.83. The number of carbonyl (C=O) groups is 2. The van der Waals surface area contributed by atoms with Crippen LogP contribution in [0, 0.1) is 5.92 Å². The van der Waals surface area contributed by atoms with Crippen molar-refractivity contribution < 1.29 is 9.59 Å². The lowest BCUT2D eigenvalue weighted by atomic mass is 10.1. The number of hydrogen-bond donors (Lipinski definition) is 1. The fourth-order valence-electron chi connectivity index (χ4n) is 3.21. The van der Waals surface area contributed by atoms with Crippen LogP contribution >= 0.6 is 11.3 Å². The van der Waals surface area contributed by atoms with Crippen LogP contribution in [0.1, 0.15) is 23.4 Å². The van der Waals surface area contributed by atoms with Gasteiger partial charge in [-0.05, 0) is 12.0 Å². The molecule has 2 amide bonds. The molecule has 1 aliphatic heterocycles. The van der Waals surface area contributed by atoms with E-state index in [1.807, 2.05) is 30.3 Å². The van der Waals surface area contributed by atoms with E-state index in [0.29, 0.717) is 31.2 Å². The second kappa shape index (κ2) is 8.91. The van der Waals surface area contributed by atoms with Crippen molar-refractivity contribution in [3.63, 3.8) is 0 Å². The third-order valence-corrected chi connectivity index (χ3v) is 5.66. The first-order valence-corrected chi connectivity index (χ1v) is 10.3. The summed E-state index contributed by atoms with van der Waals surface area (Å²) in [6, 6.07) is 10.0. The van der Waals surface area contributed by atoms with E-state index in [2.05, 4.69) is 25.8 Å². The standard InChI is InChI=1S/C19H21N7O2S/c27-17-12-15(18(28)20-7-4-9-25-10-8-21-24-25)13-26(17)19-23-22-16(29-19)11-14-5-2-1-3-6-14/h1-3,5-6,8,10,15H,4,7,9,11-13H2,(H,20,28). The lowest BCUT2D eigenvalue weighted by Crippen LogP contribution is -2.33. The molecule has 1 aromatic carbocycles. The van der Waals surface area contributed by atoms with Gasteiger partial charge in [-0.1, -0.05) is 46.9 Å². The lowest BCUT2D eigenvalue weighted by molar-refractivity contribution is -0.126. The molecule has 3 heterocycles. The number of carbonyl (C=O) groups excluding carboxylic acids is 2. The summed E-state index contributed by atoms with van der Waals surface area (Å²) < 4.78 is 1.72. The van der Waals surface area contributed by atoms with E-state index in [0.717, 1.165) is 17.0 Å². The van der Waals surface area contributed by atoms with Gasteiger partial charge in [-0.2, -0.15) is 0 Å². The Hall–Kier alpha value is -3.14. The van der Waals surface area contributed by atoms with Gasteiger partial charge < -0.3 is 5.32 Å². The Kier molecular flexibility index (Phi) is 5.89. The molecular weight excluding hydrogens is 390 g/mol. The van der Waals surface area contributed by atoms with Gasteiger partial charge in [0.2, 0.25) is 16.9 Å². The Balaban J connectivity index is 1.28. The maximum absolute atomic E-state index is 12.4. The number of hydrogen-bond acceptors (Lipinski definition) is 7. The Bertz CT molecular complexity index is 958. The van der Waals surface area contributed by atoms with E-state index >= 15 is 0 Å². The summed E-state index contributed by atoms with van der Waals surface area (Å²) in [7, 11) is 0. The second-order valence-electron chi connectivity index (χ2n) is 6.86. The van der Waals surface area contributed by atoms with Crippen LogP contribution in [-0.2, 0) is 22.6 Å². The minimum Gasteiger partial charge on any atom is -0.356 e. The second-order valence-corrected chi connectivity index (χ2v) is 7.90. The quantitative estimate of drug-likeness (QED) is 0.560. The molecule has 4 rings (SSSR count). The summed E-state index contributed by atoms with van der Waals surface area (Å²) in [5.41, 5.74) is 1.14. The molecule has 0 aliphatic carbocycles. The topological polar surface area (TPSA) is 106 Å². The summed E-state index contributed by atoms with van der Waals surface area (Å²) in [5.74, 6) is -0.556. The van der Waals surface area contributed by atoms with Crippen LogP contribution in [-0.4, -0.2) is 50.1 Å². The zero-order valence-corrected chi connectivity index (χ0v) is 16.6. The van der Waals surface area contributed by atoms with Crippen LogP contribution in [0.3, 0.4) is 0 Å². The van der Waals surface area contributed by atoms with E-state index in [1.165, 1.54) is 11.3 Å². The Morgan fingerprint density at radius 2 is 2.10 bits per heavy atom. The zero-order valence-electron chi connectivity index (χ0n) is 15.8. The number of anilines is 1. The van der Waals surface area contributed by atoms with E-state index in [-0.39, 0.29) is 24.2 Å². The van der Waals surface area contributed by atoms with Crippen LogP contribution in [0.15, 0.2) is 42.7 Å². The highest BCUT2D eigenvalue weighted by Crippen LogP contribution is 2.28. The predicted molar refractivity (Wildman–Crippen MR) is 107 cm³/mol. The Morgan fingerprint density at radius 1 is 1.24 bits per heavy atom. The van der Waals surface area contributed by atoms with Crippen LogP contribution in [0.2, 0.25) is 0 Å². The smallest absolute Gasteiger partial charge is 0.229 e. The number of nitrogens with zero attached hydrogens (tertiary/aromatic N) is 6. The van der Waals surface area contributed by atoms with E-state index in [9.17, 15) is 9.59 Å². The number of nitrogens with one attached hydrogen (secondary N) is 1. The minimum atomic E-state index is -0.365. The SMILES string of the molecule is O=C(NCCCn1ccnn1)C1CC(=O)N(c2nnc(Cc3ccccc3)s2)C1. The van der Waals surface area contributed by atoms with Crippen molar-refractivity contribution in [2.45, 2.75) is 25.8 Å². The van der Waals surface area contributed by atoms with Gasteiger partial charge in [-0.25, -0.2) is 0 Å². The van der Waals surface area contributed by atoms with Crippen LogP contribution in [0.25, 0.3) is 0 Å². The number of rotatable bonds is 8. The van der Waals surface area contributed by atoms with Crippen molar-refractivity contribution in [1.82, 2.24) is 30.5 Å². The molecule has 0 bridgehead atoms. The van der Waals surface area contributed by atoms with Crippen molar-refractivity contribution in [3.8, 4) is 0 Å². The zero-order chi connectivity index (χ0) is 20.1. The average molecular weight is 411 g/mol. The van der Waals surface area contributed by atoms with Gasteiger partial charge in [-0.15, -0.1) is 15.3 Å². The molecule has 9 nitrogen and oxygen atoms in total. The minimum absolute atomic E-state index is 0.0878. The Labute approximate surface area is 171 Å². The molecule has 0 radical (unpaired) electrons. The molecule has 1 unspecified atom stereocenters. The summed E-state index contributed by atoms with van der Waals surface area (Å²) in [5, 5.41) is 20.3. The summed E-state index contributed by atoms with van der Waals surface area (Å²) >= 11 is 1.40. The van der Waals surface area contributed by atoms with Crippen molar-refractivity contribution in [3.05, 3.63) is 53.3 Å². The molecule has 150 valence electrons. The largest absolute Gasteiger partial charge is 0.356 e. The van der Waals surface area contributed by atoms with Crippen molar-refractivity contribution in [2.24, 2.45) is 5.92 Å². The normalized spacial score (nSPS) is 16.3. The maximum atomic E-state index is 12.4. The summed E-state index contributed by atoms with van der Waals surface area (Å²) in [4.78, 5) is 26.4. The number of benzene rings is 1. The van der Waals surface area contributed by atoms with Crippen LogP contribution in [0.5, 0.6) is 0 Å². The van der Waals surface area contributed by atoms with Gasteiger partial charge in [0.15, 0.2) is 0 Å². The van der Waals surface area contributed by atoms with Gasteiger partial charge >= 0.3 is 0 Å². The number of amides is 2. The molecule has 0 saturated carbocycles. The first-order valence-electron chi connectivity index (χ1n) is 9.47. The first-order chi connectivity index (χ1) is 14.2. The predicted octanol–water partition coefficient (Wildman–Crippen LogP) is 1.28. The Morgan fingerprint density at radius 3 is 2.90 bits per heavy atom. The maximum Gasteiger partial charge on any atom is 0.229 e. The number of aryl methyl sites for hydroxylation is 1.